The van der Waals surface area contributed by atoms with Crippen molar-refractivity contribution in [3.8, 4) is 0 Å². The molecule has 0 radical (unpaired) electrons. The van der Waals surface area contributed by atoms with Gasteiger partial charge in [0.05, 0.1) is 6.61 Å². The molecular formula is C22H28O9. The van der Waals surface area contributed by atoms with Crippen LogP contribution in [0.5, 0.6) is 0 Å². The van der Waals surface area contributed by atoms with Gasteiger partial charge in [0, 0.05) is 29.6 Å². The number of esters is 2. The first-order valence-electron chi connectivity index (χ1n) is 10.7. The molecule has 0 aromatic heterocycles. The summed E-state index contributed by atoms with van der Waals surface area (Å²) in [6.45, 7) is 6.33. The number of fused-ring (bicyclic) bond motifs is 1. The third-order valence-electron chi connectivity index (χ3n) is 8.92. The average Bonchev–Trinajstić information content (AvgIpc) is 2.97. The summed E-state index contributed by atoms with van der Waals surface area (Å²) in [5, 5.41) is 34.0. The van der Waals surface area contributed by atoms with Gasteiger partial charge in [-0.3, -0.25) is 9.59 Å². The minimum atomic E-state index is -2.05. The first kappa shape index (κ1) is 21.1. The van der Waals surface area contributed by atoms with Gasteiger partial charge in [0.25, 0.3) is 0 Å². The van der Waals surface area contributed by atoms with Crippen LogP contribution in [0.2, 0.25) is 0 Å². The number of ketones is 1. The quantitative estimate of drug-likeness (QED) is 0.473. The highest BCUT2D eigenvalue weighted by molar-refractivity contribution is 5.96. The van der Waals surface area contributed by atoms with E-state index in [1.807, 2.05) is 0 Å². The van der Waals surface area contributed by atoms with Crippen molar-refractivity contribution in [3.63, 3.8) is 0 Å². The molecule has 0 aromatic carbocycles. The summed E-state index contributed by atoms with van der Waals surface area (Å²) in [5.74, 6) is -6.57. The Kier molecular flexibility index (Phi) is 4.18. The number of carbonyl (C=O) groups is 3. The maximum absolute atomic E-state index is 12.9. The first-order valence-corrected chi connectivity index (χ1v) is 10.7. The van der Waals surface area contributed by atoms with E-state index in [0.717, 1.165) is 5.57 Å². The second-order valence-electron chi connectivity index (χ2n) is 10.2. The van der Waals surface area contributed by atoms with Crippen molar-refractivity contribution in [1.29, 1.82) is 0 Å². The summed E-state index contributed by atoms with van der Waals surface area (Å²) in [4.78, 5) is 37.4. The number of rotatable bonds is 1. The molecule has 5 aliphatic rings. The Balaban J connectivity index is 1.76. The highest BCUT2D eigenvalue weighted by Gasteiger charge is 2.83. The Morgan fingerprint density at radius 2 is 1.97 bits per heavy atom. The average molecular weight is 436 g/mol. The lowest BCUT2D eigenvalue weighted by Gasteiger charge is -2.68. The maximum Gasteiger partial charge on any atom is 0.348 e. The van der Waals surface area contributed by atoms with Crippen molar-refractivity contribution in [2.45, 2.75) is 64.3 Å². The zero-order valence-electron chi connectivity index (χ0n) is 17.9. The molecule has 2 heterocycles. The third-order valence-corrected chi connectivity index (χ3v) is 8.92. The van der Waals surface area contributed by atoms with E-state index < -0.39 is 76.5 Å². The van der Waals surface area contributed by atoms with E-state index in [-0.39, 0.29) is 12.5 Å². The molecule has 2 saturated carbocycles. The van der Waals surface area contributed by atoms with E-state index in [1.165, 1.54) is 13.0 Å². The minimum absolute atomic E-state index is 0.0536. The van der Waals surface area contributed by atoms with Crippen LogP contribution in [0.3, 0.4) is 0 Å². The molecule has 2 saturated heterocycles. The van der Waals surface area contributed by atoms with Gasteiger partial charge in [-0.2, -0.15) is 0 Å². The second kappa shape index (κ2) is 6.15. The molecule has 31 heavy (non-hydrogen) atoms. The van der Waals surface area contributed by atoms with E-state index in [1.54, 1.807) is 20.8 Å². The maximum atomic E-state index is 12.9. The topological polar surface area (TPSA) is 140 Å². The fraction of sp³-hybridized carbons (Fsp3) is 0.773. The monoisotopic (exact) mass is 436 g/mol. The van der Waals surface area contributed by atoms with Crippen LogP contribution in [-0.4, -0.2) is 69.9 Å². The largest absolute Gasteiger partial charge is 0.459 e. The van der Waals surface area contributed by atoms with E-state index in [9.17, 15) is 29.7 Å². The predicted octanol–water partition coefficient (Wildman–Crippen LogP) is -0.292. The van der Waals surface area contributed by atoms with Crippen molar-refractivity contribution >= 4 is 17.7 Å². The van der Waals surface area contributed by atoms with Crippen molar-refractivity contribution in [2.75, 3.05) is 6.61 Å². The molecule has 0 amide bonds. The van der Waals surface area contributed by atoms with E-state index in [4.69, 9.17) is 14.2 Å². The van der Waals surface area contributed by atoms with Gasteiger partial charge in [-0.05, 0) is 31.3 Å². The zero-order valence-corrected chi connectivity index (χ0v) is 17.9. The standard InChI is InChI=1S/C22H28O9/c1-8-5-12(24)17(26)20(4)11(8)6-13-21-7-29-22(28,19(20)21)16(25)9(2)14(21)15(18(27)31-13)30-10(3)23/h5,9,11,13-17,19,25-26,28H,6-7H2,1-4H3/t9-,11+,13-,14-,15-,16-,17-,19-,20-,21+,22?/m1/s1. The van der Waals surface area contributed by atoms with Crippen molar-refractivity contribution in [1.82, 2.24) is 0 Å². The van der Waals surface area contributed by atoms with Gasteiger partial charge < -0.3 is 29.5 Å². The molecule has 9 heteroatoms. The van der Waals surface area contributed by atoms with Crippen LogP contribution in [0.15, 0.2) is 11.6 Å². The summed E-state index contributed by atoms with van der Waals surface area (Å²) >= 11 is 0. The summed E-state index contributed by atoms with van der Waals surface area (Å²) in [7, 11) is 0. The van der Waals surface area contributed by atoms with E-state index in [0.29, 0.717) is 6.42 Å². The van der Waals surface area contributed by atoms with Crippen LogP contribution >= 0.6 is 0 Å². The number of aliphatic hydroxyl groups excluding tert-OH is 2. The van der Waals surface area contributed by atoms with Crippen molar-refractivity contribution in [3.05, 3.63) is 11.6 Å². The molecule has 3 aliphatic carbocycles. The van der Waals surface area contributed by atoms with Crippen LogP contribution in [0, 0.1) is 34.5 Å². The van der Waals surface area contributed by atoms with Crippen LogP contribution in [0.1, 0.15) is 34.1 Å². The predicted molar refractivity (Wildman–Crippen MR) is 102 cm³/mol. The Labute approximate surface area is 179 Å². The molecule has 1 unspecified atom stereocenters. The van der Waals surface area contributed by atoms with Crippen LogP contribution in [0.25, 0.3) is 0 Å². The number of carbonyl (C=O) groups excluding carboxylic acids is 3. The van der Waals surface area contributed by atoms with Crippen LogP contribution in [0.4, 0.5) is 0 Å². The SMILES string of the molecule is CC(=O)O[C@H]1C(=O)O[C@@H]2C[C@H]3C(C)=CC(=O)[C@@H](O)[C@]3(C)[C@H]3C4(O)OC[C@]32[C@@H]1[C@@H](C)[C@H]4O. The summed E-state index contributed by atoms with van der Waals surface area (Å²) in [5.41, 5.74) is -1.49. The van der Waals surface area contributed by atoms with E-state index >= 15 is 0 Å². The normalized spacial score (nSPS) is 55.0. The Bertz CT molecular complexity index is 913. The molecule has 4 fully saturated rings. The van der Waals surface area contributed by atoms with Gasteiger partial charge in [0.15, 0.2) is 11.6 Å². The van der Waals surface area contributed by atoms with Crippen LogP contribution in [-0.2, 0) is 28.6 Å². The molecule has 0 aromatic rings. The molecule has 3 N–H and O–H groups in total. The molecule has 11 atom stereocenters. The van der Waals surface area contributed by atoms with E-state index in [2.05, 4.69) is 0 Å². The van der Waals surface area contributed by atoms with Crippen LogP contribution < -0.4 is 0 Å². The van der Waals surface area contributed by atoms with Gasteiger partial charge in [-0.25, -0.2) is 4.79 Å². The third kappa shape index (κ3) is 2.23. The zero-order chi connectivity index (χ0) is 22.7. The number of allylic oxidation sites excluding steroid dienone is 1. The fourth-order valence-corrected chi connectivity index (χ4v) is 7.91. The fourth-order valence-electron chi connectivity index (χ4n) is 7.91. The summed E-state index contributed by atoms with van der Waals surface area (Å²) in [6.07, 6.45) is -3.09. The highest BCUT2D eigenvalue weighted by atomic mass is 16.7. The highest BCUT2D eigenvalue weighted by Crippen LogP contribution is 2.73. The number of aliphatic hydroxyl groups is 3. The molecule has 170 valence electrons. The van der Waals surface area contributed by atoms with Gasteiger partial charge >= 0.3 is 11.9 Å². The number of hydrogen-bond acceptors (Lipinski definition) is 9. The Hall–Kier alpha value is -1.81. The minimum Gasteiger partial charge on any atom is -0.459 e. The molecule has 1 spiro atoms. The van der Waals surface area contributed by atoms with Gasteiger partial charge in [0.1, 0.15) is 18.3 Å². The lowest BCUT2D eigenvalue weighted by molar-refractivity contribution is -0.339. The van der Waals surface area contributed by atoms with Crippen molar-refractivity contribution < 1.29 is 43.9 Å². The smallest absolute Gasteiger partial charge is 0.348 e. The molecule has 2 aliphatic heterocycles. The Morgan fingerprint density at radius 1 is 1.29 bits per heavy atom. The molecule has 5 rings (SSSR count). The number of ether oxygens (including phenoxy) is 3. The molecule has 9 nitrogen and oxygen atoms in total. The summed E-state index contributed by atoms with van der Waals surface area (Å²) < 4.78 is 17.1. The first-order chi connectivity index (χ1) is 14.4. The molecule has 2 bridgehead atoms. The summed E-state index contributed by atoms with van der Waals surface area (Å²) in [6, 6.07) is 0. The van der Waals surface area contributed by atoms with Crippen molar-refractivity contribution in [2.24, 2.45) is 34.5 Å². The second-order valence-corrected chi connectivity index (χ2v) is 10.2. The lowest BCUT2D eigenvalue weighted by atomic mass is 9.38. The van der Waals surface area contributed by atoms with Gasteiger partial charge in [-0.15, -0.1) is 0 Å². The number of hydrogen-bond donors (Lipinski definition) is 3. The van der Waals surface area contributed by atoms with Gasteiger partial charge in [0.2, 0.25) is 6.10 Å². The Morgan fingerprint density at radius 3 is 2.61 bits per heavy atom. The van der Waals surface area contributed by atoms with Gasteiger partial charge in [-0.1, -0.05) is 19.4 Å². The molecular weight excluding hydrogens is 408 g/mol. The lowest BCUT2D eigenvalue weighted by Crippen LogP contribution is -2.78.